The van der Waals surface area contributed by atoms with Crippen LogP contribution >= 0.6 is 0 Å². The van der Waals surface area contributed by atoms with Crippen molar-refractivity contribution in [3.05, 3.63) is 76.5 Å². The molecule has 3 heterocycles. The van der Waals surface area contributed by atoms with Crippen molar-refractivity contribution in [1.29, 1.82) is 0 Å². The highest BCUT2D eigenvalue weighted by Gasteiger charge is 2.26. The summed E-state index contributed by atoms with van der Waals surface area (Å²) in [6, 6.07) is 12.7. The van der Waals surface area contributed by atoms with Crippen LogP contribution in [0.15, 0.2) is 59.7 Å². The molecule has 0 radical (unpaired) electrons. The highest BCUT2D eigenvalue weighted by atomic mass is 16.2. The molecule has 0 saturated carbocycles. The fraction of sp³-hybridized carbons (Fsp3) is 0.250. The van der Waals surface area contributed by atoms with E-state index >= 15 is 0 Å². The Bertz CT molecular complexity index is 1030. The molecule has 1 aromatic carbocycles. The van der Waals surface area contributed by atoms with Gasteiger partial charge in [-0.15, -0.1) is 0 Å². The Balaban J connectivity index is 1.55. The maximum absolute atomic E-state index is 13.0. The quantitative estimate of drug-likeness (QED) is 0.685. The topological polar surface area (TPSA) is 84.2 Å². The third kappa shape index (κ3) is 3.48. The summed E-state index contributed by atoms with van der Waals surface area (Å²) in [5.74, 6) is 0.304. The van der Waals surface area contributed by atoms with E-state index in [0.29, 0.717) is 37.8 Å². The summed E-state index contributed by atoms with van der Waals surface area (Å²) in [5.41, 5.74) is 1.07. The molecular formula is C20H20N6O2. The first-order chi connectivity index (χ1) is 13.6. The van der Waals surface area contributed by atoms with Crippen LogP contribution in [0.5, 0.6) is 0 Å². The first-order valence-corrected chi connectivity index (χ1v) is 9.11. The predicted molar refractivity (Wildman–Crippen MR) is 105 cm³/mol. The van der Waals surface area contributed by atoms with E-state index in [-0.39, 0.29) is 17.0 Å². The zero-order valence-corrected chi connectivity index (χ0v) is 15.5. The highest BCUT2D eigenvalue weighted by Crippen LogP contribution is 2.12. The second-order valence-corrected chi connectivity index (χ2v) is 6.57. The van der Waals surface area contributed by atoms with Crippen LogP contribution < -0.4 is 10.3 Å². The molecule has 8 nitrogen and oxygen atoms in total. The van der Waals surface area contributed by atoms with Crippen molar-refractivity contribution >= 4 is 11.9 Å². The normalized spacial score (nSPS) is 14.2. The molecule has 0 aliphatic carbocycles. The van der Waals surface area contributed by atoms with Crippen LogP contribution in [0.3, 0.4) is 0 Å². The van der Waals surface area contributed by atoms with E-state index in [4.69, 9.17) is 0 Å². The number of piperazine rings is 1. The zero-order valence-electron chi connectivity index (χ0n) is 15.5. The molecule has 0 spiro atoms. The van der Waals surface area contributed by atoms with Crippen molar-refractivity contribution in [3.63, 3.8) is 0 Å². The van der Waals surface area contributed by atoms with Gasteiger partial charge in [0.25, 0.3) is 5.91 Å². The Hall–Kier alpha value is -3.55. The van der Waals surface area contributed by atoms with Crippen molar-refractivity contribution in [3.8, 4) is 5.69 Å². The van der Waals surface area contributed by atoms with Crippen LogP contribution in [-0.2, 0) is 0 Å². The van der Waals surface area contributed by atoms with E-state index in [1.165, 1.54) is 6.07 Å². The Labute approximate surface area is 162 Å². The van der Waals surface area contributed by atoms with Gasteiger partial charge in [0.1, 0.15) is 0 Å². The van der Waals surface area contributed by atoms with Gasteiger partial charge in [0.15, 0.2) is 5.69 Å². The van der Waals surface area contributed by atoms with Gasteiger partial charge in [-0.05, 0) is 25.1 Å². The van der Waals surface area contributed by atoms with Crippen molar-refractivity contribution in [2.24, 2.45) is 0 Å². The lowest BCUT2D eigenvalue weighted by atomic mass is 10.2. The number of anilines is 1. The fourth-order valence-corrected chi connectivity index (χ4v) is 3.24. The summed E-state index contributed by atoms with van der Waals surface area (Å²) in [5, 5.41) is 4.37. The molecule has 2 aromatic heterocycles. The third-order valence-corrected chi connectivity index (χ3v) is 4.71. The second-order valence-electron chi connectivity index (χ2n) is 6.57. The smallest absolute Gasteiger partial charge is 0.278 e. The summed E-state index contributed by atoms with van der Waals surface area (Å²) in [4.78, 5) is 37.6. The maximum atomic E-state index is 13.0. The Morgan fingerprint density at radius 3 is 2.32 bits per heavy atom. The zero-order chi connectivity index (χ0) is 19.5. The lowest BCUT2D eigenvalue weighted by Gasteiger charge is -2.34. The van der Waals surface area contributed by atoms with Crippen molar-refractivity contribution < 1.29 is 4.79 Å². The van der Waals surface area contributed by atoms with Gasteiger partial charge in [0.2, 0.25) is 11.4 Å². The van der Waals surface area contributed by atoms with Crippen molar-refractivity contribution in [2.45, 2.75) is 6.92 Å². The molecule has 1 aliphatic rings. The molecule has 28 heavy (non-hydrogen) atoms. The Morgan fingerprint density at radius 1 is 0.964 bits per heavy atom. The standard InChI is InChI=1S/C20H20N6O2/c1-15-14-17(27)18(23-26(15)16-6-3-2-4-7-16)19(28)24-10-12-25(13-11-24)20-21-8-5-9-22-20/h2-9,14H,10-13H2,1H3. The Kier molecular flexibility index (Phi) is 4.84. The summed E-state index contributed by atoms with van der Waals surface area (Å²) in [6.45, 7) is 3.98. The second kappa shape index (κ2) is 7.59. The predicted octanol–water partition coefficient (Wildman–Crippen LogP) is 1.29. The van der Waals surface area contributed by atoms with Gasteiger partial charge >= 0.3 is 0 Å². The SMILES string of the molecule is Cc1cc(=O)c(C(=O)N2CCN(c3ncccn3)CC2)nn1-c1ccccc1. The number of carbonyl (C=O) groups excluding carboxylic acids is 1. The molecule has 3 aromatic rings. The molecule has 1 fully saturated rings. The largest absolute Gasteiger partial charge is 0.337 e. The van der Waals surface area contributed by atoms with E-state index in [1.54, 1.807) is 35.0 Å². The number of nitrogens with zero attached hydrogens (tertiary/aromatic N) is 6. The molecule has 0 unspecified atom stereocenters. The number of para-hydroxylation sites is 1. The van der Waals surface area contributed by atoms with Crippen molar-refractivity contribution in [2.75, 3.05) is 31.1 Å². The van der Waals surface area contributed by atoms with Crippen molar-refractivity contribution in [1.82, 2.24) is 24.6 Å². The van der Waals surface area contributed by atoms with Crippen LogP contribution in [0.25, 0.3) is 5.69 Å². The maximum Gasteiger partial charge on any atom is 0.278 e. The van der Waals surface area contributed by atoms with Gasteiger partial charge < -0.3 is 9.80 Å². The van der Waals surface area contributed by atoms with Gasteiger partial charge in [-0.2, -0.15) is 5.10 Å². The number of carbonyl (C=O) groups is 1. The summed E-state index contributed by atoms with van der Waals surface area (Å²) in [6.07, 6.45) is 3.39. The molecule has 1 amide bonds. The fourth-order valence-electron chi connectivity index (χ4n) is 3.24. The minimum atomic E-state index is -0.358. The van der Waals surface area contributed by atoms with E-state index in [9.17, 15) is 9.59 Å². The lowest BCUT2D eigenvalue weighted by molar-refractivity contribution is 0.0737. The molecule has 1 aliphatic heterocycles. The van der Waals surface area contributed by atoms with Crippen LogP contribution in [0, 0.1) is 6.92 Å². The molecule has 4 rings (SSSR count). The summed E-state index contributed by atoms with van der Waals surface area (Å²) < 4.78 is 1.63. The first kappa shape index (κ1) is 17.8. The van der Waals surface area contributed by atoms with Gasteiger partial charge in [0, 0.05) is 50.3 Å². The van der Waals surface area contributed by atoms with E-state index in [2.05, 4.69) is 15.1 Å². The van der Waals surface area contributed by atoms with Gasteiger partial charge in [0.05, 0.1) is 5.69 Å². The summed E-state index contributed by atoms with van der Waals surface area (Å²) >= 11 is 0. The van der Waals surface area contributed by atoms with Crippen LogP contribution in [0.1, 0.15) is 16.2 Å². The summed E-state index contributed by atoms with van der Waals surface area (Å²) in [7, 11) is 0. The number of hydrogen-bond acceptors (Lipinski definition) is 6. The average Bonchev–Trinajstić information content (AvgIpc) is 2.75. The number of amides is 1. The number of aryl methyl sites for hydroxylation is 1. The van der Waals surface area contributed by atoms with Gasteiger partial charge in [-0.3, -0.25) is 9.59 Å². The van der Waals surface area contributed by atoms with Gasteiger partial charge in [-0.1, -0.05) is 18.2 Å². The first-order valence-electron chi connectivity index (χ1n) is 9.11. The van der Waals surface area contributed by atoms with E-state index < -0.39 is 0 Å². The molecule has 0 atom stereocenters. The number of benzene rings is 1. The minimum Gasteiger partial charge on any atom is -0.337 e. The van der Waals surface area contributed by atoms with E-state index in [0.717, 1.165) is 5.69 Å². The minimum absolute atomic E-state index is 0.0566. The van der Waals surface area contributed by atoms with E-state index in [1.807, 2.05) is 35.2 Å². The number of rotatable bonds is 3. The number of hydrogen-bond donors (Lipinski definition) is 0. The molecule has 142 valence electrons. The lowest BCUT2D eigenvalue weighted by Crippen LogP contribution is -2.50. The van der Waals surface area contributed by atoms with Crippen LogP contribution in [-0.4, -0.2) is 56.7 Å². The monoisotopic (exact) mass is 376 g/mol. The van der Waals surface area contributed by atoms with Crippen LogP contribution in [0.4, 0.5) is 5.95 Å². The highest BCUT2D eigenvalue weighted by molar-refractivity contribution is 5.92. The molecular weight excluding hydrogens is 356 g/mol. The molecule has 1 saturated heterocycles. The average molecular weight is 376 g/mol. The number of aromatic nitrogens is 4. The molecule has 8 heteroatoms. The Morgan fingerprint density at radius 2 is 1.64 bits per heavy atom. The van der Waals surface area contributed by atoms with Crippen LogP contribution in [0.2, 0.25) is 0 Å². The molecule has 0 bridgehead atoms. The third-order valence-electron chi connectivity index (χ3n) is 4.71. The molecule has 0 N–H and O–H groups in total. The van der Waals surface area contributed by atoms with Gasteiger partial charge in [-0.25, -0.2) is 14.6 Å².